The van der Waals surface area contributed by atoms with Gasteiger partial charge in [-0.2, -0.15) is 15.3 Å². The number of rotatable bonds is 2. The predicted molar refractivity (Wildman–Crippen MR) is 90.9 cm³/mol. The maximum atomic E-state index is 9.55. The molecule has 1 fully saturated rings. The van der Waals surface area contributed by atoms with Crippen LogP contribution in [0.4, 0.5) is 11.8 Å². The van der Waals surface area contributed by atoms with Gasteiger partial charge in [-0.15, -0.1) is 0 Å². The fourth-order valence-corrected chi connectivity index (χ4v) is 3.46. The molecule has 24 heavy (non-hydrogen) atoms. The molecule has 4 N–H and O–H groups in total. The first-order valence-corrected chi connectivity index (χ1v) is 8.12. The van der Waals surface area contributed by atoms with Crippen LogP contribution in [0.15, 0.2) is 22.6 Å². The molecule has 0 aliphatic heterocycles. The number of benzene rings is 1. The van der Waals surface area contributed by atoms with E-state index in [1.165, 1.54) is 19.3 Å². The minimum Gasteiger partial charge on any atom is -0.424 e. The highest BCUT2D eigenvalue weighted by atomic mass is 16.4. The highest BCUT2D eigenvalue weighted by molar-refractivity contribution is 5.83. The van der Waals surface area contributed by atoms with E-state index in [2.05, 4.69) is 16.2 Å². The molecule has 4 rings (SSSR count). The van der Waals surface area contributed by atoms with E-state index in [-0.39, 0.29) is 12.1 Å². The van der Waals surface area contributed by atoms with Gasteiger partial charge in [0, 0.05) is 5.56 Å². The molecule has 0 radical (unpaired) electrons. The van der Waals surface area contributed by atoms with Gasteiger partial charge in [-0.25, -0.2) is 4.68 Å². The fraction of sp³-hybridized carbons (Fsp3) is 0.353. The fourth-order valence-electron chi connectivity index (χ4n) is 3.46. The van der Waals surface area contributed by atoms with Crippen molar-refractivity contribution in [3.05, 3.63) is 23.8 Å². The van der Waals surface area contributed by atoms with E-state index in [4.69, 9.17) is 15.9 Å². The van der Waals surface area contributed by atoms with Crippen molar-refractivity contribution in [3.63, 3.8) is 0 Å². The Hall–Kier alpha value is -3.01. The minimum absolute atomic E-state index is 0.120. The van der Waals surface area contributed by atoms with Crippen molar-refractivity contribution in [2.24, 2.45) is 0 Å². The maximum absolute atomic E-state index is 9.55. The largest absolute Gasteiger partial charge is 0.424 e. The zero-order valence-corrected chi connectivity index (χ0v) is 13.2. The van der Waals surface area contributed by atoms with Crippen LogP contribution in [0.25, 0.3) is 22.4 Å². The smallest absolute Gasteiger partial charge is 0.292 e. The maximum Gasteiger partial charge on any atom is 0.292 e. The number of nitrogens with two attached hydrogens (primary N) is 2. The minimum atomic E-state index is 0.120. The number of anilines is 2. The van der Waals surface area contributed by atoms with E-state index in [0.717, 1.165) is 18.4 Å². The zero-order chi connectivity index (χ0) is 16.7. The molecule has 0 unspecified atom stereocenters. The van der Waals surface area contributed by atoms with Crippen LogP contribution in [0, 0.1) is 11.3 Å². The second kappa shape index (κ2) is 5.57. The second-order valence-corrected chi connectivity index (χ2v) is 6.19. The van der Waals surface area contributed by atoms with Crippen LogP contribution in [0.3, 0.4) is 0 Å². The molecular weight excluding hydrogens is 304 g/mol. The van der Waals surface area contributed by atoms with E-state index < -0.39 is 0 Å². The second-order valence-electron chi connectivity index (χ2n) is 6.19. The summed E-state index contributed by atoms with van der Waals surface area (Å²) in [7, 11) is 0. The van der Waals surface area contributed by atoms with Gasteiger partial charge >= 0.3 is 0 Å². The third-order valence-electron chi connectivity index (χ3n) is 4.66. The summed E-state index contributed by atoms with van der Waals surface area (Å²) in [6, 6.07) is 8.04. The van der Waals surface area contributed by atoms with Crippen LogP contribution >= 0.6 is 0 Å². The Labute approximate surface area is 138 Å². The molecule has 0 amide bonds. The van der Waals surface area contributed by atoms with Gasteiger partial charge in [-0.1, -0.05) is 19.3 Å². The van der Waals surface area contributed by atoms with Gasteiger partial charge in [0.25, 0.3) is 6.01 Å². The SMILES string of the molecule is N#Cc1c(-c2ccc3oc(N)nc3c2)nn(C2CCCCC2)c1N. The van der Waals surface area contributed by atoms with Crippen molar-refractivity contribution < 1.29 is 4.42 Å². The molecule has 2 aromatic heterocycles. The molecule has 7 heteroatoms. The van der Waals surface area contributed by atoms with E-state index in [1.807, 2.05) is 16.8 Å². The van der Waals surface area contributed by atoms with E-state index in [0.29, 0.717) is 28.2 Å². The number of nitrogen functional groups attached to an aromatic ring is 2. The lowest BCUT2D eigenvalue weighted by atomic mass is 9.96. The molecule has 0 saturated heterocycles. The molecule has 1 aromatic carbocycles. The molecule has 122 valence electrons. The van der Waals surface area contributed by atoms with Crippen molar-refractivity contribution in [2.75, 3.05) is 11.5 Å². The van der Waals surface area contributed by atoms with Crippen molar-refractivity contribution in [3.8, 4) is 17.3 Å². The molecule has 0 spiro atoms. The summed E-state index contributed by atoms with van der Waals surface area (Å²) < 4.78 is 7.12. The summed E-state index contributed by atoms with van der Waals surface area (Å²) >= 11 is 0. The summed E-state index contributed by atoms with van der Waals surface area (Å²) in [6.07, 6.45) is 5.70. The number of fused-ring (bicyclic) bond motifs is 1. The van der Waals surface area contributed by atoms with E-state index in [1.54, 1.807) is 6.07 Å². The lowest BCUT2D eigenvalue weighted by molar-refractivity contribution is 0.333. The third kappa shape index (κ3) is 2.27. The Bertz CT molecular complexity index is 942. The molecule has 0 bridgehead atoms. The van der Waals surface area contributed by atoms with E-state index >= 15 is 0 Å². The summed E-state index contributed by atoms with van der Waals surface area (Å²) in [5.41, 5.74) is 14.8. The Balaban J connectivity index is 1.82. The van der Waals surface area contributed by atoms with Crippen molar-refractivity contribution >= 4 is 22.9 Å². The average Bonchev–Trinajstić information content (AvgIpc) is 3.13. The van der Waals surface area contributed by atoms with Crippen LogP contribution in [-0.2, 0) is 0 Å². The van der Waals surface area contributed by atoms with Crippen molar-refractivity contribution in [1.82, 2.24) is 14.8 Å². The predicted octanol–water partition coefficient (Wildman–Crippen LogP) is 3.23. The number of aromatic nitrogens is 3. The summed E-state index contributed by atoms with van der Waals surface area (Å²) in [5.74, 6) is 0.444. The van der Waals surface area contributed by atoms with Crippen LogP contribution in [0.1, 0.15) is 43.7 Å². The molecule has 1 aliphatic rings. The van der Waals surface area contributed by atoms with Crippen LogP contribution < -0.4 is 11.5 Å². The van der Waals surface area contributed by atoms with E-state index in [9.17, 15) is 5.26 Å². The summed E-state index contributed by atoms with van der Waals surface area (Å²) in [6.45, 7) is 0. The quantitative estimate of drug-likeness (QED) is 0.747. The van der Waals surface area contributed by atoms with Gasteiger partial charge < -0.3 is 15.9 Å². The van der Waals surface area contributed by atoms with Crippen molar-refractivity contribution in [2.45, 2.75) is 38.1 Å². The Kier molecular flexibility index (Phi) is 3.38. The van der Waals surface area contributed by atoms with Crippen LogP contribution in [-0.4, -0.2) is 14.8 Å². The highest BCUT2D eigenvalue weighted by Crippen LogP contribution is 2.35. The van der Waals surface area contributed by atoms with Crippen LogP contribution in [0.2, 0.25) is 0 Å². The topological polar surface area (TPSA) is 120 Å². The molecule has 7 nitrogen and oxygen atoms in total. The number of oxazole rings is 1. The summed E-state index contributed by atoms with van der Waals surface area (Å²) in [4.78, 5) is 4.14. The first-order chi connectivity index (χ1) is 11.7. The third-order valence-corrected chi connectivity index (χ3v) is 4.66. The molecular formula is C17H18N6O. The lowest BCUT2D eigenvalue weighted by Gasteiger charge is -2.22. The Morgan fingerprint density at radius 2 is 2.00 bits per heavy atom. The van der Waals surface area contributed by atoms with Gasteiger partial charge in [0.15, 0.2) is 5.58 Å². The van der Waals surface area contributed by atoms with Gasteiger partial charge in [0.2, 0.25) is 0 Å². The van der Waals surface area contributed by atoms with Gasteiger partial charge in [0.05, 0.1) is 6.04 Å². The Morgan fingerprint density at radius 3 is 2.75 bits per heavy atom. The number of hydrogen-bond donors (Lipinski definition) is 2. The molecule has 2 heterocycles. The number of nitrogens with zero attached hydrogens (tertiary/aromatic N) is 4. The average molecular weight is 322 g/mol. The van der Waals surface area contributed by atoms with Gasteiger partial charge in [0.1, 0.15) is 28.7 Å². The summed E-state index contributed by atoms with van der Waals surface area (Å²) in [5, 5.41) is 14.2. The normalized spacial score (nSPS) is 15.6. The zero-order valence-electron chi connectivity index (χ0n) is 13.2. The Morgan fingerprint density at radius 1 is 1.21 bits per heavy atom. The first kappa shape index (κ1) is 14.6. The molecule has 0 atom stereocenters. The molecule has 1 saturated carbocycles. The highest BCUT2D eigenvalue weighted by Gasteiger charge is 2.24. The standard InChI is InChI=1S/C17H18N6O/c18-9-12-15(10-6-7-14-13(8-10)21-17(20)24-14)22-23(16(12)19)11-4-2-1-3-5-11/h6-8,11H,1-5,19H2,(H2,20,21). The van der Waals surface area contributed by atoms with Crippen molar-refractivity contribution in [1.29, 1.82) is 5.26 Å². The van der Waals surface area contributed by atoms with Crippen LogP contribution in [0.5, 0.6) is 0 Å². The lowest BCUT2D eigenvalue weighted by Crippen LogP contribution is -2.16. The number of hydrogen-bond acceptors (Lipinski definition) is 6. The monoisotopic (exact) mass is 322 g/mol. The van der Waals surface area contributed by atoms with Gasteiger partial charge in [-0.3, -0.25) is 0 Å². The number of nitriles is 1. The van der Waals surface area contributed by atoms with Gasteiger partial charge in [-0.05, 0) is 31.0 Å². The molecule has 1 aliphatic carbocycles. The first-order valence-electron chi connectivity index (χ1n) is 8.12. The molecule has 3 aromatic rings.